The lowest BCUT2D eigenvalue weighted by atomic mass is 10.1. The molecule has 0 fully saturated rings. The van der Waals surface area contributed by atoms with E-state index in [4.69, 9.17) is 22.7 Å². The number of benzene rings is 6. The molecule has 18 nitrogen and oxygen atoms in total. The first kappa shape index (κ1) is 43.6. The molecule has 0 amide bonds. The zero-order valence-electron chi connectivity index (χ0n) is 33.6. The smallest absolute Gasteiger partial charge is 0.197 e. The second-order valence-electron chi connectivity index (χ2n) is 13.9. The van der Waals surface area contributed by atoms with E-state index in [1.807, 2.05) is 0 Å². The van der Waals surface area contributed by atoms with Crippen LogP contribution < -0.4 is 25.8 Å². The molecule has 0 unspecified atom stereocenters. The minimum atomic E-state index is -0.490. The molecule has 0 saturated carbocycles. The molecular weight excluding hydrogens is 852 g/mol. The maximum atomic E-state index is 12.1. The van der Waals surface area contributed by atoms with Crippen LogP contribution in [0.1, 0.15) is 0 Å². The first-order chi connectivity index (χ1) is 30.9. The Morgan fingerprint density at radius 3 is 1.06 bits per heavy atom. The second-order valence-corrected chi connectivity index (χ2v) is 13.9. The molecule has 9 aromatic rings. The molecule has 330 valence electrons. The van der Waals surface area contributed by atoms with Gasteiger partial charge in [-0.05, 0) is 54.6 Å². The fourth-order valence-electron chi connectivity index (χ4n) is 6.54. The number of fused-ring (bicyclic) bond motifs is 3. The molecule has 0 bridgehead atoms. The molecule has 18 heteroatoms. The van der Waals surface area contributed by atoms with Gasteiger partial charge in [0.1, 0.15) is 84.7 Å². The van der Waals surface area contributed by atoms with Crippen molar-refractivity contribution in [1.82, 2.24) is 0 Å². The summed E-state index contributed by atoms with van der Waals surface area (Å²) in [7, 11) is 2.84. The van der Waals surface area contributed by atoms with Gasteiger partial charge in [-0.15, -0.1) is 0 Å². The largest absolute Gasteiger partial charge is 0.508 e. The Hall–Kier alpha value is -9.45. The molecule has 3 aromatic heterocycles. The molecule has 0 spiro atoms. The quantitative estimate of drug-likeness (QED) is 0.0750. The van der Waals surface area contributed by atoms with E-state index >= 15 is 0 Å². The Bertz CT molecular complexity index is 3490. The van der Waals surface area contributed by atoms with E-state index < -0.39 is 16.3 Å². The molecule has 10 N–H and O–H groups in total. The van der Waals surface area contributed by atoms with Crippen LogP contribution in [-0.2, 0) is 0 Å². The van der Waals surface area contributed by atoms with Gasteiger partial charge in [-0.2, -0.15) is 0 Å². The van der Waals surface area contributed by atoms with Crippen LogP contribution in [0.15, 0.2) is 137 Å². The SMILES string of the molecule is COc1cc(-c2cc(=O)c3c(O)cc(O)cc3o2)ccc1O.COc1ccc(-c2cc(=O)c3c(O)cc(O)cc3o2)cc1O.O=c1cc(-c2ccc(O)c(O)c2)oc2cc(O)cc(O)c12. The normalized spacial score (nSPS) is 10.8. The van der Waals surface area contributed by atoms with Crippen LogP contribution in [0.2, 0.25) is 0 Å². The fraction of sp³-hybridized carbons (Fsp3) is 0.0426. The number of phenolic OH excluding ortho intramolecular Hbond substituents is 10. The van der Waals surface area contributed by atoms with Gasteiger partial charge in [-0.3, -0.25) is 14.4 Å². The van der Waals surface area contributed by atoms with E-state index in [1.165, 1.54) is 87.0 Å². The molecule has 9 rings (SSSR count). The topological polar surface area (TPSA) is 311 Å². The number of hydrogen-bond acceptors (Lipinski definition) is 18. The third-order valence-corrected chi connectivity index (χ3v) is 9.57. The average Bonchev–Trinajstić information content (AvgIpc) is 3.24. The Morgan fingerprint density at radius 2 is 0.692 bits per heavy atom. The van der Waals surface area contributed by atoms with Crippen LogP contribution >= 0.6 is 0 Å². The Balaban J connectivity index is 0.000000145. The molecule has 65 heavy (non-hydrogen) atoms. The van der Waals surface area contributed by atoms with Gasteiger partial charge in [-0.1, -0.05) is 0 Å². The van der Waals surface area contributed by atoms with Gasteiger partial charge in [-0.25, -0.2) is 0 Å². The zero-order valence-corrected chi connectivity index (χ0v) is 33.6. The maximum absolute atomic E-state index is 12.1. The molecule has 0 saturated heterocycles. The molecule has 3 heterocycles. The van der Waals surface area contributed by atoms with Gasteiger partial charge < -0.3 is 73.8 Å². The number of phenols is 10. The summed E-state index contributed by atoms with van der Waals surface area (Å²) in [6.07, 6.45) is 0. The highest BCUT2D eigenvalue weighted by Crippen LogP contribution is 2.37. The summed E-state index contributed by atoms with van der Waals surface area (Å²) in [5, 5.41) is 95.7. The number of methoxy groups -OCH3 is 2. The van der Waals surface area contributed by atoms with Crippen molar-refractivity contribution < 1.29 is 73.8 Å². The maximum Gasteiger partial charge on any atom is 0.197 e. The van der Waals surface area contributed by atoms with E-state index in [9.17, 15) is 65.4 Å². The molecule has 0 aliphatic heterocycles. The van der Waals surface area contributed by atoms with E-state index in [0.29, 0.717) is 22.4 Å². The number of ether oxygens (including phenoxy) is 2. The van der Waals surface area contributed by atoms with Gasteiger partial charge in [0.05, 0.1) is 14.2 Å². The molecular formula is C47H34O18. The van der Waals surface area contributed by atoms with Crippen molar-refractivity contribution in [3.05, 3.63) is 140 Å². The van der Waals surface area contributed by atoms with Crippen LogP contribution in [0.3, 0.4) is 0 Å². The lowest BCUT2D eigenvalue weighted by Crippen LogP contribution is -2.00. The molecule has 0 aliphatic carbocycles. The standard InChI is InChI=1S/2C16H12O6.C15H10O6/c1-21-13-3-2-8(4-10(13)18)14-7-12(20)16-11(19)5-9(17)6-15(16)22-14;1-21-14-4-8(2-3-10(14)18)13-7-12(20)16-11(19)5-9(17)6-15(16)22-13;16-8-4-11(19)15-12(20)6-13(21-14(15)5-8)7-1-2-9(17)10(18)3-7/h2*2-7,17-19H,1H3;1-6,16-19H. The predicted molar refractivity (Wildman–Crippen MR) is 234 cm³/mol. The Kier molecular flexibility index (Phi) is 11.7. The van der Waals surface area contributed by atoms with Crippen molar-refractivity contribution in [2.45, 2.75) is 0 Å². The van der Waals surface area contributed by atoms with E-state index in [-0.39, 0.29) is 113 Å². The highest BCUT2D eigenvalue weighted by atomic mass is 16.5. The van der Waals surface area contributed by atoms with Gasteiger partial charge in [0, 0.05) is 71.3 Å². The lowest BCUT2D eigenvalue weighted by molar-refractivity contribution is 0.373. The highest BCUT2D eigenvalue weighted by Gasteiger charge is 2.16. The number of rotatable bonds is 5. The monoisotopic (exact) mass is 886 g/mol. The van der Waals surface area contributed by atoms with E-state index in [2.05, 4.69) is 0 Å². The fourth-order valence-corrected chi connectivity index (χ4v) is 6.54. The zero-order chi connectivity index (χ0) is 46.9. The number of hydrogen-bond donors (Lipinski definition) is 10. The van der Waals surface area contributed by atoms with Crippen LogP contribution in [-0.4, -0.2) is 65.3 Å². The first-order valence-electron chi connectivity index (χ1n) is 18.7. The van der Waals surface area contributed by atoms with Crippen molar-refractivity contribution in [1.29, 1.82) is 0 Å². The van der Waals surface area contributed by atoms with Gasteiger partial charge in [0.25, 0.3) is 0 Å². The van der Waals surface area contributed by atoms with E-state index in [0.717, 1.165) is 24.3 Å². The summed E-state index contributed by atoms with van der Waals surface area (Å²) < 4.78 is 26.6. The first-order valence-corrected chi connectivity index (χ1v) is 18.7. The summed E-state index contributed by atoms with van der Waals surface area (Å²) in [4.78, 5) is 36.3. The summed E-state index contributed by atoms with van der Waals surface area (Å²) >= 11 is 0. The molecule has 0 aliphatic rings. The van der Waals surface area contributed by atoms with Crippen LogP contribution in [0.25, 0.3) is 66.9 Å². The lowest BCUT2D eigenvalue weighted by Gasteiger charge is -2.08. The summed E-state index contributed by atoms with van der Waals surface area (Å²) in [5.41, 5.74) is 0.0785. The van der Waals surface area contributed by atoms with Crippen molar-refractivity contribution in [2.24, 2.45) is 0 Å². The second kappa shape index (κ2) is 17.5. The van der Waals surface area contributed by atoms with Gasteiger partial charge in [0.15, 0.2) is 50.8 Å². The van der Waals surface area contributed by atoms with Crippen molar-refractivity contribution in [3.63, 3.8) is 0 Å². The van der Waals surface area contributed by atoms with Crippen molar-refractivity contribution >= 4 is 32.9 Å². The van der Waals surface area contributed by atoms with Crippen LogP contribution in [0, 0.1) is 0 Å². The van der Waals surface area contributed by atoms with Crippen molar-refractivity contribution in [2.75, 3.05) is 14.2 Å². The molecule has 0 atom stereocenters. The minimum Gasteiger partial charge on any atom is -0.508 e. The third-order valence-electron chi connectivity index (χ3n) is 9.57. The highest BCUT2D eigenvalue weighted by molar-refractivity contribution is 5.88. The number of aromatic hydroxyl groups is 10. The summed E-state index contributed by atoms with van der Waals surface area (Å²) in [6, 6.07) is 23.5. The Labute approximate surface area is 363 Å². The summed E-state index contributed by atoms with van der Waals surface area (Å²) in [5.74, 6) is -1.46. The third kappa shape index (κ3) is 8.98. The van der Waals surface area contributed by atoms with Crippen LogP contribution in [0.4, 0.5) is 0 Å². The summed E-state index contributed by atoms with van der Waals surface area (Å²) in [6.45, 7) is 0. The van der Waals surface area contributed by atoms with Crippen molar-refractivity contribution in [3.8, 4) is 103 Å². The van der Waals surface area contributed by atoms with E-state index in [1.54, 1.807) is 12.1 Å². The van der Waals surface area contributed by atoms with Crippen LogP contribution in [0.5, 0.6) is 69.0 Å². The van der Waals surface area contributed by atoms with Gasteiger partial charge >= 0.3 is 0 Å². The Morgan fingerprint density at radius 1 is 0.338 bits per heavy atom. The van der Waals surface area contributed by atoms with Gasteiger partial charge in [0.2, 0.25) is 0 Å². The molecule has 0 radical (unpaired) electrons. The molecule has 6 aromatic carbocycles. The minimum absolute atomic E-state index is 0.00714. The average molecular weight is 887 g/mol. The predicted octanol–water partition coefficient (Wildman–Crippen LogP) is 7.45.